The number of fused-ring (bicyclic) bond motifs is 2. The number of benzene rings is 1. The Morgan fingerprint density at radius 1 is 1.22 bits per heavy atom. The number of likely N-dealkylation sites (tertiary alicyclic amines) is 1. The third-order valence-electron chi connectivity index (χ3n) is 6.70. The van der Waals surface area contributed by atoms with Gasteiger partial charge in [0.25, 0.3) is 0 Å². The van der Waals surface area contributed by atoms with E-state index < -0.39 is 0 Å². The minimum Gasteiger partial charge on any atom is -0.454 e. The van der Waals surface area contributed by atoms with Crippen molar-refractivity contribution in [3.8, 4) is 11.5 Å². The summed E-state index contributed by atoms with van der Waals surface area (Å²) in [5.41, 5.74) is 7.46. The maximum atomic E-state index is 13.1. The number of aromatic nitrogens is 4. The van der Waals surface area contributed by atoms with Crippen molar-refractivity contribution >= 4 is 50.6 Å². The Balaban J connectivity index is 1.35. The number of hydrogen-bond acceptors (Lipinski definition) is 8. The van der Waals surface area contributed by atoms with Gasteiger partial charge in [-0.05, 0) is 65.6 Å². The molecule has 0 saturated carbocycles. The molecule has 3 aromatic rings. The Labute approximate surface area is 229 Å². The molecule has 2 aliphatic heterocycles. The van der Waals surface area contributed by atoms with E-state index in [-0.39, 0.29) is 24.2 Å². The molecule has 5 rings (SSSR count). The maximum Gasteiger partial charge on any atom is 0.231 e. The zero-order valence-electron chi connectivity index (χ0n) is 21.5. The molecule has 4 heterocycles. The highest BCUT2D eigenvalue weighted by Gasteiger charge is 2.29. The van der Waals surface area contributed by atoms with E-state index in [1.165, 1.54) is 24.5 Å². The van der Waals surface area contributed by atoms with Crippen LogP contribution in [-0.4, -0.2) is 49.7 Å². The van der Waals surface area contributed by atoms with Crippen LogP contribution in [0.5, 0.6) is 11.5 Å². The fourth-order valence-electron chi connectivity index (χ4n) is 4.96. The maximum absolute atomic E-state index is 13.1. The molecule has 1 fully saturated rings. The minimum atomic E-state index is -0.0104. The minimum absolute atomic E-state index is 0.0104. The molecule has 37 heavy (non-hydrogen) atoms. The van der Waals surface area contributed by atoms with Crippen molar-refractivity contribution in [3.05, 3.63) is 22.9 Å². The molecule has 0 aliphatic carbocycles. The lowest BCUT2D eigenvalue weighted by atomic mass is 9.90. The first kappa shape index (κ1) is 26.1. The number of imidazole rings is 1. The summed E-state index contributed by atoms with van der Waals surface area (Å²) in [6, 6.07) is 4.14. The van der Waals surface area contributed by atoms with Gasteiger partial charge in [0.05, 0.1) is 0 Å². The number of nitrogens with zero attached hydrogens (tertiary/aromatic N) is 5. The molecule has 1 saturated heterocycles. The van der Waals surface area contributed by atoms with E-state index in [4.69, 9.17) is 20.2 Å². The van der Waals surface area contributed by atoms with Crippen LogP contribution in [0.3, 0.4) is 0 Å². The predicted octanol–water partition coefficient (Wildman–Crippen LogP) is 5.65. The van der Waals surface area contributed by atoms with Gasteiger partial charge < -0.3 is 24.7 Å². The number of carbonyl (C=O) groups excluding carboxylic acids is 1. The summed E-state index contributed by atoms with van der Waals surface area (Å²) in [6.07, 6.45) is 7.21. The number of nitrogens with two attached hydrogens (primary N) is 1. The van der Waals surface area contributed by atoms with E-state index in [0.29, 0.717) is 23.5 Å². The number of rotatable bonds is 7. The van der Waals surface area contributed by atoms with Crippen LogP contribution in [0.4, 0.5) is 5.82 Å². The lowest BCUT2D eigenvalue weighted by molar-refractivity contribution is -0.137. The standard InChI is InChI=1S/C26H33BrN6O3S/c1-26(2,3)13-21(34)32-9-5-4-7-16(32)8-6-10-33-24-22(23(28)29-14-30-24)31-25(33)37-20-12-19-18(11-17(20)27)35-15-36-19/h11-12,14,16H,4-10,13,15H2,1-3H3,(H2,28,29,30). The van der Waals surface area contributed by atoms with Gasteiger partial charge in [0.1, 0.15) is 6.33 Å². The summed E-state index contributed by atoms with van der Waals surface area (Å²) in [5, 5.41) is 0.783. The summed E-state index contributed by atoms with van der Waals surface area (Å²) < 4.78 is 14.1. The average Bonchev–Trinajstić information content (AvgIpc) is 3.43. The number of anilines is 1. The number of piperidine rings is 1. The van der Waals surface area contributed by atoms with Gasteiger partial charge in [-0.2, -0.15) is 0 Å². The number of halogens is 1. The van der Waals surface area contributed by atoms with Crippen molar-refractivity contribution in [2.45, 2.75) is 81.9 Å². The molecule has 1 atom stereocenters. The zero-order valence-corrected chi connectivity index (χ0v) is 23.9. The Bertz CT molecular complexity index is 1310. The first-order valence-electron chi connectivity index (χ1n) is 12.7. The van der Waals surface area contributed by atoms with E-state index in [9.17, 15) is 4.79 Å². The SMILES string of the molecule is CC(C)(C)CC(=O)N1CCCCC1CCCn1c(Sc2cc3c(cc2Br)OCO3)nc2c(N)ncnc21. The van der Waals surface area contributed by atoms with Crippen molar-refractivity contribution in [2.75, 3.05) is 19.1 Å². The molecule has 1 aromatic carbocycles. The third-order valence-corrected chi connectivity index (χ3v) is 8.67. The van der Waals surface area contributed by atoms with Gasteiger partial charge in [-0.1, -0.05) is 32.5 Å². The Kier molecular flexibility index (Phi) is 7.53. The monoisotopic (exact) mass is 588 g/mol. The molecule has 198 valence electrons. The van der Waals surface area contributed by atoms with Gasteiger partial charge in [0.2, 0.25) is 12.7 Å². The highest BCUT2D eigenvalue weighted by atomic mass is 79.9. The summed E-state index contributed by atoms with van der Waals surface area (Å²) in [5.74, 6) is 2.07. The third kappa shape index (κ3) is 5.82. The van der Waals surface area contributed by atoms with E-state index in [1.54, 1.807) is 0 Å². The number of carbonyl (C=O) groups is 1. The van der Waals surface area contributed by atoms with Crippen LogP contribution in [0, 0.1) is 5.41 Å². The molecule has 1 amide bonds. The molecule has 0 radical (unpaired) electrons. The first-order valence-corrected chi connectivity index (χ1v) is 14.3. The highest BCUT2D eigenvalue weighted by molar-refractivity contribution is 9.10. The molecule has 1 unspecified atom stereocenters. The molecule has 2 N–H and O–H groups in total. The number of hydrogen-bond donors (Lipinski definition) is 1. The molecule has 2 aromatic heterocycles. The van der Waals surface area contributed by atoms with Crippen molar-refractivity contribution in [1.82, 2.24) is 24.4 Å². The van der Waals surface area contributed by atoms with Crippen molar-refractivity contribution in [1.29, 1.82) is 0 Å². The fraction of sp³-hybridized carbons (Fsp3) is 0.538. The van der Waals surface area contributed by atoms with Crippen LogP contribution in [0.2, 0.25) is 0 Å². The van der Waals surface area contributed by atoms with Gasteiger partial charge in [-0.15, -0.1) is 0 Å². The number of aryl methyl sites for hydroxylation is 1. The molecular weight excluding hydrogens is 556 g/mol. The van der Waals surface area contributed by atoms with Gasteiger partial charge >= 0.3 is 0 Å². The Morgan fingerprint density at radius 3 is 2.78 bits per heavy atom. The van der Waals surface area contributed by atoms with Crippen LogP contribution < -0.4 is 15.2 Å². The van der Waals surface area contributed by atoms with Crippen molar-refractivity contribution in [3.63, 3.8) is 0 Å². The average molecular weight is 590 g/mol. The van der Waals surface area contributed by atoms with Gasteiger partial charge in [0.15, 0.2) is 33.6 Å². The Hall–Kier alpha value is -2.53. The summed E-state index contributed by atoms with van der Waals surface area (Å²) in [4.78, 5) is 29.6. The first-order chi connectivity index (χ1) is 17.7. The topological polar surface area (TPSA) is 108 Å². The second-order valence-corrected chi connectivity index (χ2v) is 12.7. The van der Waals surface area contributed by atoms with Crippen LogP contribution in [0.1, 0.15) is 59.3 Å². The fourth-order valence-corrected chi connectivity index (χ4v) is 6.47. The zero-order chi connectivity index (χ0) is 26.2. The van der Waals surface area contributed by atoms with E-state index >= 15 is 0 Å². The number of nitrogen functional groups attached to an aromatic ring is 1. The molecule has 0 bridgehead atoms. The molecule has 11 heteroatoms. The van der Waals surface area contributed by atoms with Crippen molar-refractivity contribution < 1.29 is 14.3 Å². The molecule has 9 nitrogen and oxygen atoms in total. The lowest BCUT2D eigenvalue weighted by Gasteiger charge is -2.37. The van der Waals surface area contributed by atoms with Crippen LogP contribution in [0.25, 0.3) is 11.2 Å². The van der Waals surface area contributed by atoms with Gasteiger partial charge in [0, 0.05) is 34.9 Å². The largest absolute Gasteiger partial charge is 0.454 e. The number of amides is 1. The van der Waals surface area contributed by atoms with E-state index in [1.807, 2.05) is 12.1 Å². The van der Waals surface area contributed by atoms with Crippen LogP contribution >= 0.6 is 27.7 Å². The summed E-state index contributed by atoms with van der Waals surface area (Å²) in [7, 11) is 0. The van der Waals surface area contributed by atoms with Crippen molar-refractivity contribution in [2.24, 2.45) is 5.41 Å². The molecular formula is C26H33BrN6O3S. The van der Waals surface area contributed by atoms with E-state index in [0.717, 1.165) is 64.7 Å². The number of ether oxygens (including phenoxy) is 2. The summed E-state index contributed by atoms with van der Waals surface area (Å²) >= 11 is 5.17. The van der Waals surface area contributed by atoms with Gasteiger partial charge in [-0.25, -0.2) is 15.0 Å². The quantitative estimate of drug-likeness (QED) is 0.377. The smallest absolute Gasteiger partial charge is 0.231 e. The molecule has 2 aliphatic rings. The second kappa shape index (κ2) is 10.7. The Morgan fingerprint density at radius 2 is 2.00 bits per heavy atom. The second-order valence-electron chi connectivity index (χ2n) is 10.8. The van der Waals surface area contributed by atoms with Gasteiger partial charge in [-0.3, -0.25) is 4.79 Å². The highest BCUT2D eigenvalue weighted by Crippen LogP contribution is 2.43. The lowest BCUT2D eigenvalue weighted by Crippen LogP contribution is -2.44. The van der Waals surface area contributed by atoms with Crippen LogP contribution in [-0.2, 0) is 11.3 Å². The normalized spacial score (nSPS) is 17.5. The predicted molar refractivity (Wildman–Crippen MR) is 147 cm³/mol. The van der Waals surface area contributed by atoms with Crippen LogP contribution in [0.15, 0.2) is 33.0 Å². The van der Waals surface area contributed by atoms with E-state index in [2.05, 4.69) is 56.1 Å². The summed E-state index contributed by atoms with van der Waals surface area (Å²) in [6.45, 7) is 8.17. The molecule has 0 spiro atoms.